The molecule has 0 N–H and O–H groups in total. The van der Waals surface area contributed by atoms with E-state index in [1.807, 2.05) is 27.7 Å². The van der Waals surface area contributed by atoms with Crippen LogP contribution in [0.4, 0.5) is 0 Å². The Bertz CT molecular complexity index is 1370. The first kappa shape index (κ1) is 21.1. The third kappa shape index (κ3) is 3.01. The number of fused-ring (bicyclic) bond motifs is 4. The van der Waals surface area contributed by atoms with Crippen LogP contribution in [0.1, 0.15) is 27.7 Å². The van der Waals surface area contributed by atoms with Gasteiger partial charge < -0.3 is 0 Å². The molecule has 30 heavy (non-hydrogen) atoms. The summed E-state index contributed by atoms with van der Waals surface area (Å²) in [4.78, 5) is 51.3. The van der Waals surface area contributed by atoms with Gasteiger partial charge in [-0.3, -0.25) is 19.2 Å². The highest BCUT2D eigenvalue weighted by Gasteiger charge is 2.15. The summed E-state index contributed by atoms with van der Waals surface area (Å²) < 4.78 is 0. The summed E-state index contributed by atoms with van der Waals surface area (Å²) in [6.45, 7) is 8.00. The van der Waals surface area contributed by atoms with Crippen molar-refractivity contribution in [2.75, 3.05) is 0 Å². The first-order chi connectivity index (χ1) is 14.6. The first-order valence-corrected chi connectivity index (χ1v) is 10.1. The Hall–Kier alpha value is -3.66. The fourth-order valence-corrected chi connectivity index (χ4v) is 3.69. The second-order valence-electron chi connectivity index (χ2n) is 6.35. The average molecular weight is 398 g/mol. The molecule has 0 unspecified atom stereocenters. The minimum atomic E-state index is -0.308. The van der Waals surface area contributed by atoms with Gasteiger partial charge in [-0.15, -0.1) is 0 Å². The molecule has 0 aromatic heterocycles. The summed E-state index contributed by atoms with van der Waals surface area (Å²) in [6, 6.07) is 16.0. The lowest BCUT2D eigenvalue weighted by Crippen LogP contribution is -2.17. The Morgan fingerprint density at radius 1 is 0.367 bits per heavy atom. The Morgan fingerprint density at radius 2 is 0.567 bits per heavy atom. The molecule has 5 aromatic carbocycles. The van der Waals surface area contributed by atoms with E-state index in [0.717, 1.165) is 0 Å². The monoisotopic (exact) mass is 398 g/mol. The molecule has 0 saturated carbocycles. The van der Waals surface area contributed by atoms with Crippen LogP contribution >= 0.6 is 0 Å². The fourth-order valence-electron chi connectivity index (χ4n) is 3.69. The van der Waals surface area contributed by atoms with Crippen LogP contribution in [0.15, 0.2) is 79.8 Å². The highest BCUT2D eigenvalue weighted by Crippen LogP contribution is 2.19. The minimum Gasteiger partial charge on any atom is -0.289 e. The van der Waals surface area contributed by atoms with Crippen LogP contribution in [0.3, 0.4) is 0 Å². The normalized spacial score (nSPS) is 10.5. The Morgan fingerprint density at radius 3 is 0.767 bits per heavy atom. The van der Waals surface area contributed by atoms with E-state index in [-0.39, 0.29) is 43.3 Å². The summed E-state index contributed by atoms with van der Waals surface area (Å²) in [5, 5.41) is 1.97. The van der Waals surface area contributed by atoms with E-state index in [1.165, 1.54) is 12.1 Å². The zero-order valence-corrected chi connectivity index (χ0v) is 17.4. The van der Waals surface area contributed by atoms with Crippen molar-refractivity contribution in [1.82, 2.24) is 0 Å². The van der Waals surface area contributed by atoms with Gasteiger partial charge in [0.1, 0.15) is 0 Å². The van der Waals surface area contributed by atoms with Gasteiger partial charge in [0.25, 0.3) is 0 Å². The van der Waals surface area contributed by atoms with Gasteiger partial charge in [0.2, 0.25) is 0 Å². The maximum absolute atomic E-state index is 12.8. The first-order valence-electron chi connectivity index (χ1n) is 10.1. The molecule has 0 aliphatic heterocycles. The van der Waals surface area contributed by atoms with Gasteiger partial charge in [-0.2, -0.15) is 0 Å². The van der Waals surface area contributed by atoms with Gasteiger partial charge in [-0.05, 0) is 12.1 Å². The molecule has 4 nitrogen and oxygen atoms in total. The highest BCUT2D eigenvalue weighted by molar-refractivity contribution is 6.07. The topological polar surface area (TPSA) is 68.3 Å². The third-order valence-electron chi connectivity index (χ3n) is 4.97. The SMILES string of the molecule is CC.CC.O=c1c2ccccc2c(=O)c2cc3c(=O)c4ccccc4c(=O)c3cc12. The maximum atomic E-state index is 12.8. The predicted octanol–water partition coefficient (Wildman–Crippen LogP) is 4.67. The second kappa shape index (κ2) is 8.37. The standard InChI is InChI=1S/C22H10O4.2C2H6/c23-19-11-5-1-2-6-12(11)20(24)16-10-18-17(9-15(16)19)21(25)13-7-3-4-8-14(13)22(18)26;2*1-2/h1-10H;2*1-2H3. The molecule has 0 fully saturated rings. The lowest BCUT2D eigenvalue weighted by atomic mass is 9.96. The second-order valence-corrected chi connectivity index (χ2v) is 6.35. The van der Waals surface area contributed by atoms with Crippen molar-refractivity contribution in [3.8, 4) is 0 Å². The largest absolute Gasteiger partial charge is 0.289 e. The molecule has 5 rings (SSSR count). The van der Waals surface area contributed by atoms with E-state index >= 15 is 0 Å². The smallest absolute Gasteiger partial charge is 0.194 e. The Balaban J connectivity index is 0.000000606. The molecule has 0 radical (unpaired) electrons. The van der Waals surface area contributed by atoms with Gasteiger partial charge in [0, 0.05) is 43.1 Å². The van der Waals surface area contributed by atoms with Crippen molar-refractivity contribution in [3.05, 3.63) is 102 Å². The molecule has 4 heteroatoms. The van der Waals surface area contributed by atoms with Crippen LogP contribution in [0.2, 0.25) is 0 Å². The van der Waals surface area contributed by atoms with E-state index in [2.05, 4.69) is 0 Å². The van der Waals surface area contributed by atoms with Crippen molar-refractivity contribution in [2.45, 2.75) is 27.7 Å². The molecule has 0 atom stereocenters. The van der Waals surface area contributed by atoms with Gasteiger partial charge in [0.05, 0.1) is 0 Å². The van der Waals surface area contributed by atoms with Gasteiger partial charge in [0.15, 0.2) is 21.7 Å². The molecule has 0 bridgehead atoms. The zero-order chi connectivity index (χ0) is 22.0. The molecule has 0 amide bonds. The summed E-state index contributed by atoms with van der Waals surface area (Å²) in [5.74, 6) is 0. The molecular weight excluding hydrogens is 376 g/mol. The quantitative estimate of drug-likeness (QED) is 0.356. The fraction of sp³-hybridized carbons (Fsp3) is 0.154. The van der Waals surface area contributed by atoms with Gasteiger partial charge in [-0.1, -0.05) is 76.2 Å². The van der Waals surface area contributed by atoms with Crippen molar-refractivity contribution < 1.29 is 0 Å². The number of rotatable bonds is 0. The lowest BCUT2D eigenvalue weighted by Gasteiger charge is -2.04. The van der Waals surface area contributed by atoms with Crippen LogP contribution in [0.25, 0.3) is 43.1 Å². The van der Waals surface area contributed by atoms with Crippen LogP contribution in [-0.2, 0) is 0 Å². The van der Waals surface area contributed by atoms with E-state index in [0.29, 0.717) is 21.5 Å². The molecule has 0 heterocycles. The van der Waals surface area contributed by atoms with E-state index in [4.69, 9.17) is 0 Å². The molecule has 0 aliphatic carbocycles. The number of benzene rings is 5. The molecule has 0 spiro atoms. The Kier molecular flexibility index (Phi) is 5.88. The number of hydrogen-bond acceptors (Lipinski definition) is 4. The van der Waals surface area contributed by atoms with Gasteiger partial charge in [-0.25, -0.2) is 0 Å². The lowest BCUT2D eigenvalue weighted by molar-refractivity contribution is 1.50. The molecule has 5 aromatic rings. The molecule has 150 valence electrons. The molecular formula is C26H22O4. The summed E-state index contributed by atoms with van der Waals surface area (Å²) in [7, 11) is 0. The highest BCUT2D eigenvalue weighted by atomic mass is 16.1. The summed E-state index contributed by atoms with van der Waals surface area (Å²) in [6.07, 6.45) is 0. The van der Waals surface area contributed by atoms with E-state index < -0.39 is 0 Å². The van der Waals surface area contributed by atoms with E-state index in [1.54, 1.807) is 48.5 Å². The van der Waals surface area contributed by atoms with Crippen LogP contribution < -0.4 is 21.7 Å². The van der Waals surface area contributed by atoms with Crippen LogP contribution in [-0.4, -0.2) is 0 Å². The van der Waals surface area contributed by atoms with Crippen molar-refractivity contribution >= 4 is 43.1 Å². The Labute approximate surface area is 172 Å². The zero-order valence-electron chi connectivity index (χ0n) is 17.4. The maximum Gasteiger partial charge on any atom is 0.194 e. The van der Waals surface area contributed by atoms with Gasteiger partial charge >= 0.3 is 0 Å². The number of hydrogen-bond donors (Lipinski definition) is 0. The average Bonchev–Trinajstić information content (AvgIpc) is 2.83. The summed E-state index contributed by atoms with van der Waals surface area (Å²) >= 11 is 0. The predicted molar refractivity (Wildman–Crippen MR) is 127 cm³/mol. The van der Waals surface area contributed by atoms with Crippen LogP contribution in [0.5, 0.6) is 0 Å². The third-order valence-corrected chi connectivity index (χ3v) is 4.97. The van der Waals surface area contributed by atoms with Crippen molar-refractivity contribution in [2.24, 2.45) is 0 Å². The van der Waals surface area contributed by atoms with Crippen molar-refractivity contribution in [1.29, 1.82) is 0 Å². The molecule has 0 aliphatic rings. The minimum absolute atomic E-state index is 0.174. The molecule has 0 saturated heterocycles. The van der Waals surface area contributed by atoms with E-state index in [9.17, 15) is 19.2 Å². The summed E-state index contributed by atoms with van der Waals surface area (Å²) in [5.41, 5.74) is -1.23. The van der Waals surface area contributed by atoms with Crippen molar-refractivity contribution in [3.63, 3.8) is 0 Å². The van der Waals surface area contributed by atoms with Crippen LogP contribution in [0, 0.1) is 0 Å².